The number of aliphatic hydroxyl groups is 1. The fourth-order valence-corrected chi connectivity index (χ4v) is 6.92. The molecule has 3 N–H and O–H groups in total. The summed E-state index contributed by atoms with van der Waals surface area (Å²) >= 11 is 1.10. The normalized spacial score (nSPS) is 18.9. The lowest BCUT2D eigenvalue weighted by Crippen LogP contribution is -2.48. The van der Waals surface area contributed by atoms with Gasteiger partial charge in [-0.15, -0.1) is 11.3 Å². The van der Waals surface area contributed by atoms with E-state index in [0.717, 1.165) is 11.3 Å². The van der Waals surface area contributed by atoms with Crippen LogP contribution in [0.4, 0.5) is 16.2 Å². The highest BCUT2D eigenvalue weighted by atomic mass is 32.2. The predicted octanol–water partition coefficient (Wildman–Crippen LogP) is 3.59. The van der Waals surface area contributed by atoms with Gasteiger partial charge in [0, 0.05) is 42.5 Å². The van der Waals surface area contributed by atoms with Crippen LogP contribution in [0.15, 0.2) is 58.1 Å². The lowest BCUT2D eigenvalue weighted by Gasteiger charge is -2.34. The number of ether oxygens (including phenoxy) is 3. The minimum Gasteiger partial charge on any atom is -0.488 e. The van der Waals surface area contributed by atoms with Crippen LogP contribution in [-0.4, -0.2) is 80.9 Å². The molecule has 0 unspecified atom stereocenters. The van der Waals surface area contributed by atoms with Crippen molar-refractivity contribution in [1.82, 2.24) is 9.80 Å². The number of sulfonamides is 1. The number of amides is 3. The molecular weight excluding hydrogens is 596 g/mol. The third-order valence-corrected chi connectivity index (χ3v) is 10.1. The molecule has 230 valence electrons. The number of aliphatic hydroxyl groups excluding tert-OH is 1. The molecule has 2 aliphatic rings. The number of hydrogen-bond acceptors (Lipinski definition) is 9. The predicted molar refractivity (Wildman–Crippen MR) is 161 cm³/mol. The van der Waals surface area contributed by atoms with Gasteiger partial charge in [-0.25, -0.2) is 13.2 Å². The van der Waals surface area contributed by atoms with Crippen LogP contribution in [0.1, 0.15) is 19.4 Å². The first-order chi connectivity index (χ1) is 20.5. The molecule has 0 aliphatic carbocycles. The summed E-state index contributed by atoms with van der Waals surface area (Å²) < 4.78 is 45.6. The maximum Gasteiger partial charge on any atom is 0.321 e. The SMILES string of the molecule is C[C@@H]1CN([C@H](C)CO)C(=O)Cc2cc(NS(=O)(=O)c3cccs3)ccc2O[C@H]1CN(C)C(=O)Nc1ccc2c(c1)OCO2. The fourth-order valence-electron chi connectivity index (χ4n) is 4.88. The van der Waals surface area contributed by atoms with E-state index in [4.69, 9.17) is 14.2 Å². The molecule has 2 aliphatic heterocycles. The maximum absolute atomic E-state index is 13.5. The van der Waals surface area contributed by atoms with Crippen LogP contribution in [0.25, 0.3) is 0 Å². The lowest BCUT2D eigenvalue weighted by atomic mass is 10.0. The Balaban J connectivity index is 1.38. The standard InChI is InChI=1S/C29H34N4O8S2/c1-18-14-33(19(2)16-34)27(35)12-20-11-22(31-43(37,38)28-5-4-10-42-28)7-8-23(20)41-26(18)15-32(3)29(36)30-21-6-9-24-25(13-21)40-17-39-24/h4-11,13,18-19,26,31,34H,12,14-17H2,1-3H3,(H,30,36)/t18-,19-,26+/m1/s1. The van der Waals surface area contributed by atoms with Gasteiger partial charge in [-0.3, -0.25) is 9.52 Å². The molecule has 3 atom stereocenters. The average molecular weight is 631 g/mol. The number of hydrogen-bond donors (Lipinski definition) is 3. The first-order valence-corrected chi connectivity index (χ1v) is 16.1. The van der Waals surface area contributed by atoms with Crippen LogP contribution >= 0.6 is 11.3 Å². The summed E-state index contributed by atoms with van der Waals surface area (Å²) in [5.74, 6) is 1.10. The number of rotatable bonds is 8. The Bertz CT molecular complexity index is 1580. The average Bonchev–Trinajstić information content (AvgIpc) is 3.69. The lowest BCUT2D eigenvalue weighted by molar-refractivity contribution is -0.134. The summed E-state index contributed by atoms with van der Waals surface area (Å²) in [5.41, 5.74) is 1.31. The van der Waals surface area contributed by atoms with Crippen LogP contribution in [0.2, 0.25) is 0 Å². The summed E-state index contributed by atoms with van der Waals surface area (Å²) in [6, 6.07) is 12.3. The van der Waals surface area contributed by atoms with E-state index in [0.29, 0.717) is 28.5 Å². The molecule has 1 aromatic heterocycles. The molecule has 12 nitrogen and oxygen atoms in total. The first kappa shape index (κ1) is 30.4. The van der Waals surface area contributed by atoms with E-state index < -0.39 is 22.2 Å². The van der Waals surface area contributed by atoms with Gasteiger partial charge in [0.15, 0.2) is 11.5 Å². The van der Waals surface area contributed by atoms with Gasteiger partial charge < -0.3 is 34.4 Å². The van der Waals surface area contributed by atoms with Crippen LogP contribution < -0.4 is 24.2 Å². The van der Waals surface area contributed by atoms with Crippen LogP contribution in [0.5, 0.6) is 17.2 Å². The van der Waals surface area contributed by atoms with E-state index in [1.807, 2.05) is 6.92 Å². The van der Waals surface area contributed by atoms with Gasteiger partial charge in [-0.1, -0.05) is 13.0 Å². The highest BCUT2D eigenvalue weighted by Gasteiger charge is 2.32. The van der Waals surface area contributed by atoms with Gasteiger partial charge in [0.25, 0.3) is 10.0 Å². The molecule has 0 saturated heterocycles. The number of carbonyl (C=O) groups is 2. The molecule has 0 radical (unpaired) electrons. The molecule has 3 heterocycles. The number of urea groups is 1. The van der Waals surface area contributed by atoms with E-state index >= 15 is 0 Å². The number of fused-ring (bicyclic) bond motifs is 2. The van der Waals surface area contributed by atoms with Gasteiger partial charge >= 0.3 is 6.03 Å². The third kappa shape index (κ3) is 6.98. The van der Waals surface area contributed by atoms with E-state index in [-0.39, 0.29) is 60.7 Å². The number of carbonyl (C=O) groups excluding carboxylic acids is 2. The van der Waals surface area contributed by atoms with Crippen molar-refractivity contribution in [3.8, 4) is 17.2 Å². The minimum atomic E-state index is -3.80. The van der Waals surface area contributed by atoms with Crippen LogP contribution in [-0.2, 0) is 21.2 Å². The van der Waals surface area contributed by atoms with Gasteiger partial charge in [0.2, 0.25) is 12.7 Å². The van der Waals surface area contributed by atoms with Gasteiger partial charge in [0.1, 0.15) is 16.1 Å². The molecule has 3 aromatic rings. The van der Waals surface area contributed by atoms with Crippen molar-refractivity contribution >= 4 is 44.7 Å². The van der Waals surface area contributed by atoms with E-state index in [9.17, 15) is 23.1 Å². The zero-order valence-electron chi connectivity index (χ0n) is 24.0. The second-order valence-electron chi connectivity index (χ2n) is 10.6. The van der Waals surface area contributed by atoms with Gasteiger partial charge in [-0.05, 0) is 48.7 Å². The maximum atomic E-state index is 13.5. The Labute approximate surface area is 254 Å². The van der Waals surface area contributed by atoms with E-state index in [1.54, 1.807) is 66.7 Å². The van der Waals surface area contributed by atoms with Crippen molar-refractivity contribution in [1.29, 1.82) is 0 Å². The molecule has 0 spiro atoms. The zero-order valence-corrected chi connectivity index (χ0v) is 25.6. The summed E-state index contributed by atoms with van der Waals surface area (Å²) in [4.78, 5) is 29.7. The highest BCUT2D eigenvalue weighted by molar-refractivity contribution is 7.94. The third-order valence-electron chi connectivity index (χ3n) is 7.35. The minimum absolute atomic E-state index is 0.0614. The number of nitrogens with zero attached hydrogens (tertiary/aromatic N) is 2. The second-order valence-corrected chi connectivity index (χ2v) is 13.5. The highest BCUT2D eigenvalue weighted by Crippen LogP contribution is 2.34. The molecule has 5 rings (SSSR count). The first-order valence-electron chi connectivity index (χ1n) is 13.7. The van der Waals surface area contributed by atoms with Crippen LogP contribution in [0, 0.1) is 5.92 Å². The quantitative estimate of drug-likeness (QED) is 0.342. The smallest absolute Gasteiger partial charge is 0.321 e. The van der Waals surface area contributed by atoms with Gasteiger partial charge in [-0.2, -0.15) is 0 Å². The number of anilines is 2. The van der Waals surface area contributed by atoms with Crippen molar-refractivity contribution in [3.63, 3.8) is 0 Å². The second kappa shape index (κ2) is 12.7. The monoisotopic (exact) mass is 630 g/mol. The van der Waals surface area contributed by atoms with Crippen molar-refractivity contribution in [2.24, 2.45) is 5.92 Å². The molecular formula is C29H34N4O8S2. The number of thiophene rings is 1. The fraction of sp³-hybridized carbons (Fsp3) is 0.379. The number of likely N-dealkylation sites (N-methyl/N-ethyl adjacent to an activating group) is 1. The molecule has 3 amide bonds. The van der Waals surface area contributed by atoms with Crippen molar-refractivity contribution in [2.45, 2.75) is 36.6 Å². The van der Waals surface area contributed by atoms with Crippen molar-refractivity contribution in [3.05, 3.63) is 59.5 Å². The molecule has 0 bridgehead atoms. The Morgan fingerprint density at radius 2 is 1.88 bits per heavy atom. The Morgan fingerprint density at radius 1 is 1.14 bits per heavy atom. The molecule has 0 fully saturated rings. The topological polar surface area (TPSA) is 147 Å². The van der Waals surface area contributed by atoms with E-state index in [2.05, 4.69) is 10.0 Å². The summed E-state index contributed by atoms with van der Waals surface area (Å²) in [5, 5.41) is 14.4. The van der Waals surface area contributed by atoms with Crippen LogP contribution in [0.3, 0.4) is 0 Å². The Hall–Kier alpha value is -4.01. The number of nitrogens with one attached hydrogen (secondary N) is 2. The summed E-state index contributed by atoms with van der Waals surface area (Å²) in [6.07, 6.45) is -0.604. The van der Waals surface area contributed by atoms with Crippen molar-refractivity contribution in [2.75, 3.05) is 43.6 Å². The Morgan fingerprint density at radius 3 is 2.63 bits per heavy atom. The Kier molecular flexibility index (Phi) is 8.99. The number of benzene rings is 2. The van der Waals surface area contributed by atoms with Crippen molar-refractivity contribution < 1.29 is 37.3 Å². The summed E-state index contributed by atoms with van der Waals surface area (Å²) in [7, 11) is -2.16. The molecule has 0 saturated carbocycles. The largest absolute Gasteiger partial charge is 0.488 e. The molecule has 14 heteroatoms. The van der Waals surface area contributed by atoms with E-state index in [1.165, 1.54) is 11.0 Å². The molecule has 2 aromatic carbocycles. The van der Waals surface area contributed by atoms with Gasteiger partial charge in [0.05, 0.1) is 25.6 Å². The summed E-state index contributed by atoms with van der Waals surface area (Å²) in [6.45, 7) is 4.05. The molecule has 43 heavy (non-hydrogen) atoms. The zero-order chi connectivity index (χ0) is 30.7.